The van der Waals surface area contributed by atoms with E-state index in [9.17, 15) is 4.79 Å². The molecule has 0 fully saturated rings. The number of carbonyl (C=O) groups is 1. The van der Waals surface area contributed by atoms with Gasteiger partial charge in [0, 0.05) is 29.9 Å². The fourth-order valence-electron chi connectivity index (χ4n) is 2.74. The van der Waals surface area contributed by atoms with Crippen LogP contribution in [-0.2, 0) is 4.79 Å². The first-order valence-corrected chi connectivity index (χ1v) is 7.48. The van der Waals surface area contributed by atoms with Crippen molar-refractivity contribution >= 4 is 23.0 Å². The van der Waals surface area contributed by atoms with Gasteiger partial charge in [0.2, 0.25) is 5.91 Å². The largest absolute Gasteiger partial charge is 0.493 e. The summed E-state index contributed by atoms with van der Waals surface area (Å²) in [5.41, 5.74) is 9.62. The molecule has 0 radical (unpaired) electrons. The summed E-state index contributed by atoms with van der Waals surface area (Å²) in [4.78, 5) is 18.4. The second kappa shape index (κ2) is 6.23. The Morgan fingerprint density at radius 2 is 1.83 bits per heavy atom. The number of carbonyl (C=O) groups excluding carboxylic acids is 1. The second-order valence-electron chi connectivity index (χ2n) is 5.47. The Kier molecular flexibility index (Phi) is 4.12. The van der Waals surface area contributed by atoms with Crippen LogP contribution in [0.2, 0.25) is 0 Å². The van der Waals surface area contributed by atoms with Crippen molar-refractivity contribution in [3.8, 4) is 11.5 Å². The molecule has 1 amide bonds. The van der Waals surface area contributed by atoms with E-state index in [4.69, 9.17) is 15.2 Å². The van der Waals surface area contributed by atoms with E-state index in [0.717, 1.165) is 16.8 Å². The summed E-state index contributed by atoms with van der Waals surface area (Å²) in [7, 11) is 4.87. The smallest absolute Gasteiger partial charge is 0.248 e. The molecule has 1 aliphatic rings. The van der Waals surface area contributed by atoms with Gasteiger partial charge in [-0.15, -0.1) is 0 Å². The van der Waals surface area contributed by atoms with Gasteiger partial charge < -0.3 is 20.1 Å². The van der Waals surface area contributed by atoms with Crippen molar-refractivity contribution in [2.45, 2.75) is 0 Å². The molecule has 1 aliphatic heterocycles. The maximum Gasteiger partial charge on any atom is 0.248 e. The summed E-state index contributed by atoms with van der Waals surface area (Å²) in [5, 5.41) is 0. The Morgan fingerprint density at radius 3 is 2.50 bits per heavy atom. The summed E-state index contributed by atoms with van der Waals surface area (Å²) >= 11 is 0. The molecular weight excluding hydrogens is 306 g/mol. The number of likely N-dealkylation sites (N-methyl/N-ethyl adjacent to an activating group) is 1. The lowest BCUT2D eigenvalue weighted by molar-refractivity contribution is -0.116. The fraction of sp³-hybridized carbons (Fsp3) is 0.222. The molecular formula is C18H19N3O3. The highest BCUT2D eigenvalue weighted by atomic mass is 16.5. The van der Waals surface area contributed by atoms with E-state index in [1.807, 2.05) is 30.3 Å². The first kappa shape index (κ1) is 15.9. The predicted octanol–water partition coefficient (Wildman–Crippen LogP) is 2.10. The molecule has 0 saturated carbocycles. The highest BCUT2D eigenvalue weighted by molar-refractivity contribution is 6.20. The van der Waals surface area contributed by atoms with Gasteiger partial charge in [0.1, 0.15) is 6.54 Å². The number of nitrogens with two attached hydrogens (primary N) is 1. The monoisotopic (exact) mass is 325 g/mol. The molecule has 124 valence electrons. The van der Waals surface area contributed by atoms with E-state index < -0.39 is 0 Å². The number of anilines is 2. The number of benzene rings is 2. The van der Waals surface area contributed by atoms with Crippen molar-refractivity contribution in [2.75, 3.05) is 38.4 Å². The number of amides is 1. The molecule has 2 aromatic rings. The van der Waals surface area contributed by atoms with E-state index in [1.165, 1.54) is 0 Å². The van der Waals surface area contributed by atoms with Crippen molar-refractivity contribution in [1.29, 1.82) is 0 Å². The highest BCUT2D eigenvalue weighted by Gasteiger charge is 2.25. The molecule has 0 aromatic heterocycles. The van der Waals surface area contributed by atoms with Gasteiger partial charge in [-0.1, -0.05) is 12.1 Å². The molecule has 2 N–H and O–H groups in total. The first-order valence-electron chi connectivity index (χ1n) is 7.48. The number of methoxy groups -OCH3 is 2. The number of benzodiazepines with no additional fused rings is 1. The number of fused-ring (bicyclic) bond motifs is 1. The van der Waals surface area contributed by atoms with E-state index in [-0.39, 0.29) is 12.5 Å². The summed E-state index contributed by atoms with van der Waals surface area (Å²) in [6.45, 7) is 0.0694. The molecule has 0 saturated heterocycles. The van der Waals surface area contributed by atoms with Crippen LogP contribution in [0.15, 0.2) is 41.4 Å². The second-order valence-corrected chi connectivity index (χ2v) is 5.47. The predicted molar refractivity (Wildman–Crippen MR) is 94.3 cm³/mol. The van der Waals surface area contributed by atoms with Crippen LogP contribution in [-0.4, -0.2) is 39.4 Å². The molecule has 2 aromatic carbocycles. The van der Waals surface area contributed by atoms with Crippen LogP contribution in [0.4, 0.5) is 11.4 Å². The molecule has 0 unspecified atom stereocenters. The maximum atomic E-state index is 12.3. The minimum absolute atomic E-state index is 0.0694. The number of hydrogen-bond donors (Lipinski definition) is 1. The molecule has 6 nitrogen and oxygen atoms in total. The third kappa shape index (κ3) is 2.67. The zero-order valence-corrected chi connectivity index (χ0v) is 13.9. The quantitative estimate of drug-likeness (QED) is 0.877. The number of nitrogen functional groups attached to an aromatic ring is 1. The SMILES string of the molecule is COc1cc2c(cc1OC)N(C)C(=O)CN=C2c1cccc(N)c1. The standard InChI is InChI=1S/C18H19N3O3/c1-21-14-9-16(24-3)15(23-2)8-13(14)18(20-10-17(21)22)11-5-4-6-12(19)7-11/h4-9H,10,19H2,1-3H3. The molecule has 0 spiro atoms. The van der Waals surface area contributed by atoms with Gasteiger partial charge in [0.15, 0.2) is 11.5 Å². The summed E-state index contributed by atoms with van der Waals surface area (Å²) in [6.07, 6.45) is 0. The lowest BCUT2D eigenvalue weighted by atomic mass is 9.99. The highest BCUT2D eigenvalue weighted by Crippen LogP contribution is 2.37. The summed E-state index contributed by atoms with van der Waals surface area (Å²) in [5.74, 6) is 1.04. The Morgan fingerprint density at radius 1 is 1.12 bits per heavy atom. The minimum Gasteiger partial charge on any atom is -0.493 e. The first-order chi connectivity index (χ1) is 11.5. The number of aliphatic imine (C=N–C) groups is 1. The minimum atomic E-state index is -0.0950. The van der Waals surface area contributed by atoms with Crippen LogP contribution in [0.25, 0.3) is 0 Å². The van der Waals surface area contributed by atoms with Crippen LogP contribution >= 0.6 is 0 Å². The van der Waals surface area contributed by atoms with Crippen LogP contribution < -0.4 is 20.1 Å². The van der Waals surface area contributed by atoms with Crippen LogP contribution in [0.1, 0.15) is 11.1 Å². The van der Waals surface area contributed by atoms with Crippen molar-refractivity contribution < 1.29 is 14.3 Å². The Labute approximate surface area is 140 Å². The topological polar surface area (TPSA) is 77.2 Å². The molecule has 0 aliphatic carbocycles. The Hall–Kier alpha value is -3.02. The average Bonchev–Trinajstić information content (AvgIpc) is 2.71. The van der Waals surface area contributed by atoms with Crippen LogP contribution in [0, 0.1) is 0 Å². The van der Waals surface area contributed by atoms with Gasteiger partial charge in [-0.2, -0.15) is 0 Å². The molecule has 1 heterocycles. The third-order valence-electron chi connectivity index (χ3n) is 4.02. The summed E-state index contributed by atoms with van der Waals surface area (Å²) in [6, 6.07) is 11.1. The van der Waals surface area contributed by atoms with Gasteiger partial charge in [-0.25, -0.2) is 0 Å². The third-order valence-corrected chi connectivity index (χ3v) is 4.02. The zero-order chi connectivity index (χ0) is 17.3. The lowest BCUT2D eigenvalue weighted by Crippen LogP contribution is -2.27. The normalized spacial score (nSPS) is 13.9. The molecule has 3 rings (SSSR count). The van der Waals surface area contributed by atoms with Gasteiger partial charge in [-0.05, 0) is 18.2 Å². The van der Waals surface area contributed by atoms with Gasteiger partial charge >= 0.3 is 0 Å². The molecule has 0 atom stereocenters. The Bertz CT molecular complexity index is 830. The number of rotatable bonds is 3. The van der Waals surface area contributed by atoms with E-state index in [2.05, 4.69) is 4.99 Å². The maximum absolute atomic E-state index is 12.3. The fourth-order valence-corrected chi connectivity index (χ4v) is 2.74. The molecule has 6 heteroatoms. The van der Waals surface area contributed by atoms with E-state index in [0.29, 0.717) is 22.9 Å². The number of ether oxygens (including phenoxy) is 2. The van der Waals surface area contributed by atoms with E-state index in [1.54, 1.807) is 32.2 Å². The Balaban J connectivity index is 2.26. The number of hydrogen-bond acceptors (Lipinski definition) is 5. The van der Waals surface area contributed by atoms with Crippen molar-refractivity contribution in [3.05, 3.63) is 47.5 Å². The van der Waals surface area contributed by atoms with Crippen molar-refractivity contribution in [1.82, 2.24) is 0 Å². The number of nitrogens with zero attached hydrogens (tertiary/aromatic N) is 2. The van der Waals surface area contributed by atoms with Crippen molar-refractivity contribution in [2.24, 2.45) is 4.99 Å². The van der Waals surface area contributed by atoms with Crippen LogP contribution in [0.5, 0.6) is 11.5 Å². The molecule has 0 bridgehead atoms. The zero-order valence-electron chi connectivity index (χ0n) is 13.9. The van der Waals surface area contributed by atoms with Gasteiger partial charge in [0.25, 0.3) is 0 Å². The van der Waals surface area contributed by atoms with E-state index >= 15 is 0 Å². The molecule has 24 heavy (non-hydrogen) atoms. The summed E-state index contributed by atoms with van der Waals surface area (Å²) < 4.78 is 10.8. The lowest BCUT2D eigenvalue weighted by Gasteiger charge is -2.20. The van der Waals surface area contributed by atoms with Gasteiger partial charge in [0.05, 0.1) is 25.6 Å². The average molecular weight is 325 g/mol. The van der Waals surface area contributed by atoms with Gasteiger partial charge in [-0.3, -0.25) is 9.79 Å². The van der Waals surface area contributed by atoms with Crippen molar-refractivity contribution in [3.63, 3.8) is 0 Å². The van der Waals surface area contributed by atoms with Crippen LogP contribution in [0.3, 0.4) is 0 Å².